The number of amides is 1. The van der Waals surface area contributed by atoms with Crippen molar-refractivity contribution in [3.63, 3.8) is 0 Å². The van der Waals surface area contributed by atoms with Crippen molar-refractivity contribution in [3.05, 3.63) is 48.9 Å². The molecule has 1 amide bonds. The number of aromatic nitrogens is 4. The first-order valence-corrected chi connectivity index (χ1v) is 8.08. The summed E-state index contributed by atoms with van der Waals surface area (Å²) in [6.07, 6.45) is 14.7. The summed E-state index contributed by atoms with van der Waals surface area (Å²) in [5.74, 6) is 0.609. The van der Waals surface area contributed by atoms with Gasteiger partial charge in [-0.2, -0.15) is 0 Å². The second-order valence-electron chi connectivity index (χ2n) is 6.03. The zero-order chi connectivity index (χ0) is 15.6. The van der Waals surface area contributed by atoms with Crippen LogP contribution in [0.2, 0.25) is 0 Å². The van der Waals surface area contributed by atoms with Crippen LogP contribution in [0, 0.1) is 0 Å². The van der Waals surface area contributed by atoms with Gasteiger partial charge in [0.1, 0.15) is 12.0 Å². The first kappa shape index (κ1) is 14.0. The number of hydrogen-bond acceptors (Lipinski definition) is 3. The van der Waals surface area contributed by atoms with E-state index < -0.39 is 0 Å². The molecule has 1 aliphatic carbocycles. The summed E-state index contributed by atoms with van der Waals surface area (Å²) in [7, 11) is 0. The topological polar surface area (TPSA) is 64.2 Å². The van der Waals surface area contributed by atoms with Crippen molar-refractivity contribution in [1.29, 1.82) is 0 Å². The van der Waals surface area contributed by atoms with E-state index in [1.165, 1.54) is 19.3 Å². The SMILES string of the molecule is O=C(NC1CCCCC1)c1cn2cccc2c(-n2ccnc2)n1. The number of nitrogens with zero attached hydrogens (tertiary/aromatic N) is 4. The fourth-order valence-electron chi connectivity index (χ4n) is 3.22. The molecule has 0 spiro atoms. The maximum absolute atomic E-state index is 12.6. The number of fused-ring (bicyclic) bond motifs is 1. The van der Waals surface area contributed by atoms with Crippen molar-refractivity contribution >= 4 is 11.4 Å². The molecule has 3 aromatic rings. The molecule has 0 atom stereocenters. The molecule has 4 rings (SSSR count). The zero-order valence-electron chi connectivity index (χ0n) is 12.9. The molecule has 6 nitrogen and oxygen atoms in total. The zero-order valence-corrected chi connectivity index (χ0v) is 12.9. The van der Waals surface area contributed by atoms with Crippen LogP contribution in [-0.4, -0.2) is 30.9 Å². The number of hydrogen-bond donors (Lipinski definition) is 1. The number of carbonyl (C=O) groups is 1. The molecule has 1 N–H and O–H groups in total. The van der Waals surface area contributed by atoms with Gasteiger partial charge < -0.3 is 9.72 Å². The minimum atomic E-state index is -0.103. The third kappa shape index (κ3) is 2.72. The van der Waals surface area contributed by atoms with E-state index in [0.717, 1.165) is 18.4 Å². The van der Waals surface area contributed by atoms with Gasteiger partial charge in [0.15, 0.2) is 5.82 Å². The van der Waals surface area contributed by atoms with Crippen LogP contribution in [0.25, 0.3) is 11.3 Å². The van der Waals surface area contributed by atoms with Crippen LogP contribution >= 0.6 is 0 Å². The average molecular weight is 309 g/mol. The quantitative estimate of drug-likeness (QED) is 0.809. The van der Waals surface area contributed by atoms with Gasteiger partial charge in [0.25, 0.3) is 5.91 Å². The molecule has 0 aliphatic heterocycles. The van der Waals surface area contributed by atoms with E-state index in [1.54, 1.807) is 18.7 Å². The molecule has 118 valence electrons. The number of rotatable bonds is 3. The van der Waals surface area contributed by atoms with Crippen molar-refractivity contribution in [3.8, 4) is 5.82 Å². The highest BCUT2D eigenvalue weighted by molar-refractivity contribution is 5.93. The van der Waals surface area contributed by atoms with Gasteiger partial charge in [0.2, 0.25) is 0 Å². The Kier molecular flexibility index (Phi) is 3.57. The van der Waals surface area contributed by atoms with E-state index in [1.807, 2.05) is 33.5 Å². The highest BCUT2D eigenvalue weighted by atomic mass is 16.1. The van der Waals surface area contributed by atoms with Crippen molar-refractivity contribution in [2.24, 2.45) is 0 Å². The lowest BCUT2D eigenvalue weighted by Crippen LogP contribution is -2.36. The largest absolute Gasteiger partial charge is 0.348 e. The van der Waals surface area contributed by atoms with E-state index in [9.17, 15) is 4.79 Å². The highest BCUT2D eigenvalue weighted by Crippen LogP contribution is 2.19. The minimum Gasteiger partial charge on any atom is -0.348 e. The van der Waals surface area contributed by atoms with E-state index in [0.29, 0.717) is 11.5 Å². The summed E-state index contributed by atoms with van der Waals surface area (Å²) in [6.45, 7) is 0. The second kappa shape index (κ2) is 5.87. The van der Waals surface area contributed by atoms with Crippen LogP contribution in [0.1, 0.15) is 42.6 Å². The molecule has 1 fully saturated rings. The Hall–Kier alpha value is -2.63. The van der Waals surface area contributed by atoms with Gasteiger partial charge in [-0.15, -0.1) is 0 Å². The Labute approximate surface area is 134 Å². The fraction of sp³-hybridized carbons (Fsp3) is 0.353. The standard InChI is InChI=1S/C17H19N5O/c23-17(19-13-5-2-1-3-6-13)14-11-21-9-4-7-15(21)16(20-14)22-10-8-18-12-22/h4,7-13H,1-3,5-6H2,(H,19,23). The molecule has 0 unspecified atom stereocenters. The van der Waals surface area contributed by atoms with Crippen LogP contribution in [-0.2, 0) is 0 Å². The van der Waals surface area contributed by atoms with Crippen LogP contribution in [0.15, 0.2) is 43.2 Å². The third-order valence-corrected chi connectivity index (χ3v) is 4.42. The molecule has 0 aromatic carbocycles. The molecule has 3 heterocycles. The molecule has 1 aliphatic rings. The lowest BCUT2D eigenvalue weighted by molar-refractivity contribution is 0.0922. The lowest BCUT2D eigenvalue weighted by Gasteiger charge is -2.22. The van der Waals surface area contributed by atoms with Crippen LogP contribution in [0.4, 0.5) is 0 Å². The summed E-state index contributed by atoms with van der Waals surface area (Å²) in [6, 6.07) is 4.20. The van der Waals surface area contributed by atoms with Gasteiger partial charge in [-0.3, -0.25) is 9.36 Å². The molecule has 0 radical (unpaired) electrons. The number of nitrogens with one attached hydrogen (secondary N) is 1. The Morgan fingerprint density at radius 2 is 2.09 bits per heavy atom. The Balaban J connectivity index is 1.68. The Morgan fingerprint density at radius 1 is 1.22 bits per heavy atom. The summed E-state index contributed by atoms with van der Waals surface area (Å²) in [5, 5.41) is 3.12. The average Bonchev–Trinajstić information content (AvgIpc) is 3.26. The summed E-state index contributed by atoms with van der Waals surface area (Å²) >= 11 is 0. The lowest BCUT2D eigenvalue weighted by atomic mass is 9.95. The van der Waals surface area contributed by atoms with Crippen molar-refractivity contribution < 1.29 is 4.79 Å². The first-order valence-electron chi connectivity index (χ1n) is 8.08. The van der Waals surface area contributed by atoms with Crippen LogP contribution in [0.5, 0.6) is 0 Å². The maximum atomic E-state index is 12.6. The predicted octanol–water partition coefficient (Wildman–Crippen LogP) is 2.58. The number of carbonyl (C=O) groups excluding carboxylic acids is 1. The van der Waals surface area contributed by atoms with Crippen molar-refractivity contribution in [2.75, 3.05) is 0 Å². The van der Waals surface area contributed by atoms with E-state index in [2.05, 4.69) is 15.3 Å². The molecule has 23 heavy (non-hydrogen) atoms. The summed E-state index contributed by atoms with van der Waals surface area (Å²) < 4.78 is 3.75. The van der Waals surface area contributed by atoms with Gasteiger partial charge in [-0.1, -0.05) is 19.3 Å². The number of imidazole rings is 1. The monoisotopic (exact) mass is 309 g/mol. The van der Waals surface area contributed by atoms with Gasteiger partial charge in [0, 0.05) is 30.8 Å². The normalized spacial score (nSPS) is 15.8. The molecule has 0 saturated heterocycles. The maximum Gasteiger partial charge on any atom is 0.271 e. The first-order chi connectivity index (χ1) is 11.3. The third-order valence-electron chi connectivity index (χ3n) is 4.42. The molecular formula is C17H19N5O. The fourth-order valence-corrected chi connectivity index (χ4v) is 3.22. The van der Waals surface area contributed by atoms with Crippen molar-refractivity contribution in [2.45, 2.75) is 38.1 Å². The minimum absolute atomic E-state index is 0.103. The van der Waals surface area contributed by atoms with Gasteiger partial charge in [-0.05, 0) is 25.0 Å². The molecule has 1 saturated carbocycles. The second-order valence-corrected chi connectivity index (χ2v) is 6.03. The molecule has 3 aromatic heterocycles. The molecule has 6 heteroatoms. The van der Waals surface area contributed by atoms with Crippen LogP contribution in [0.3, 0.4) is 0 Å². The van der Waals surface area contributed by atoms with E-state index in [4.69, 9.17) is 0 Å². The Bertz CT molecular complexity index is 815. The van der Waals surface area contributed by atoms with Crippen molar-refractivity contribution in [1.82, 2.24) is 24.3 Å². The highest BCUT2D eigenvalue weighted by Gasteiger charge is 2.19. The predicted molar refractivity (Wildman–Crippen MR) is 86.7 cm³/mol. The molecule has 0 bridgehead atoms. The van der Waals surface area contributed by atoms with Gasteiger partial charge in [0.05, 0.1) is 5.52 Å². The summed E-state index contributed by atoms with van der Waals surface area (Å²) in [4.78, 5) is 21.2. The summed E-state index contributed by atoms with van der Waals surface area (Å²) in [5.41, 5.74) is 1.38. The van der Waals surface area contributed by atoms with E-state index >= 15 is 0 Å². The smallest absolute Gasteiger partial charge is 0.271 e. The Morgan fingerprint density at radius 3 is 2.87 bits per heavy atom. The van der Waals surface area contributed by atoms with Crippen LogP contribution < -0.4 is 5.32 Å². The van der Waals surface area contributed by atoms with E-state index in [-0.39, 0.29) is 11.9 Å². The van der Waals surface area contributed by atoms with Gasteiger partial charge in [-0.25, -0.2) is 9.97 Å². The molecular weight excluding hydrogens is 290 g/mol. The van der Waals surface area contributed by atoms with Gasteiger partial charge >= 0.3 is 0 Å².